The van der Waals surface area contributed by atoms with Crippen molar-refractivity contribution in [2.24, 2.45) is 0 Å². The van der Waals surface area contributed by atoms with Crippen molar-refractivity contribution in [1.82, 2.24) is 15.3 Å². The molecule has 7 heteroatoms. The molecule has 2 fully saturated rings. The summed E-state index contributed by atoms with van der Waals surface area (Å²) in [6, 6.07) is 7.84. The van der Waals surface area contributed by atoms with Crippen LogP contribution < -0.4 is 10.2 Å². The first-order valence-electron chi connectivity index (χ1n) is 10.5. The fourth-order valence-electron chi connectivity index (χ4n) is 4.08. The molecule has 0 radical (unpaired) electrons. The fraction of sp³-hybridized carbons (Fsp3) is 0.391. The summed E-state index contributed by atoms with van der Waals surface area (Å²) in [6.07, 6.45) is 3.86. The second kappa shape index (κ2) is 7.47. The molecule has 1 aliphatic heterocycles. The normalized spacial score (nSPS) is 16.5. The first kappa shape index (κ1) is 19.2. The van der Waals surface area contributed by atoms with Crippen LogP contribution in [-0.4, -0.2) is 28.3 Å². The van der Waals surface area contributed by atoms with Gasteiger partial charge in [0.15, 0.2) is 0 Å². The maximum atomic E-state index is 12.9. The number of fused-ring (bicyclic) bond motifs is 1. The number of carbonyl (C=O) groups excluding carboxylic acids is 2. The maximum absolute atomic E-state index is 12.9. The van der Waals surface area contributed by atoms with Crippen LogP contribution in [0.25, 0.3) is 10.2 Å². The number of anilines is 1. The van der Waals surface area contributed by atoms with E-state index < -0.39 is 0 Å². The van der Waals surface area contributed by atoms with Crippen molar-refractivity contribution in [3.63, 3.8) is 0 Å². The maximum Gasteiger partial charge on any atom is 0.261 e. The zero-order chi connectivity index (χ0) is 20.8. The zero-order valence-corrected chi connectivity index (χ0v) is 18.0. The number of rotatable bonds is 5. The Morgan fingerprint density at radius 3 is 2.63 bits per heavy atom. The summed E-state index contributed by atoms with van der Waals surface area (Å²) in [5, 5.41) is 4.04. The summed E-state index contributed by atoms with van der Waals surface area (Å²) in [5.74, 6) is 1.51. The number of amides is 2. The average Bonchev–Trinajstić information content (AvgIpc) is 3.42. The summed E-state index contributed by atoms with van der Waals surface area (Å²) < 4.78 is 0. The first-order valence-corrected chi connectivity index (χ1v) is 11.3. The van der Waals surface area contributed by atoms with Crippen LogP contribution in [0, 0.1) is 13.8 Å². The van der Waals surface area contributed by atoms with Crippen LogP contribution in [0.1, 0.15) is 63.9 Å². The minimum Gasteiger partial charge on any atom is -0.347 e. The monoisotopic (exact) mass is 420 g/mol. The highest BCUT2D eigenvalue weighted by Crippen LogP contribution is 2.40. The molecule has 0 atom stereocenters. The summed E-state index contributed by atoms with van der Waals surface area (Å²) >= 11 is 1.45. The molecule has 0 unspecified atom stereocenters. The minimum absolute atomic E-state index is 0.0818. The molecule has 1 saturated carbocycles. The van der Waals surface area contributed by atoms with Crippen molar-refractivity contribution < 1.29 is 9.59 Å². The third-order valence-electron chi connectivity index (χ3n) is 5.91. The molecule has 1 aliphatic carbocycles. The molecule has 2 amide bonds. The predicted octanol–water partition coefficient (Wildman–Crippen LogP) is 4.24. The van der Waals surface area contributed by atoms with Crippen molar-refractivity contribution >= 4 is 39.1 Å². The van der Waals surface area contributed by atoms with E-state index in [0.717, 1.165) is 64.4 Å². The molecule has 2 aromatic heterocycles. The number of aryl methyl sites for hydroxylation is 2. The van der Waals surface area contributed by atoms with Crippen molar-refractivity contribution in [2.45, 2.75) is 52.0 Å². The quantitative estimate of drug-likeness (QED) is 0.670. The molecule has 1 aromatic carbocycles. The van der Waals surface area contributed by atoms with Gasteiger partial charge in [0.25, 0.3) is 5.91 Å². The molecular formula is C23H24N4O2S. The van der Waals surface area contributed by atoms with Crippen LogP contribution >= 0.6 is 11.3 Å². The Bertz CT molecular complexity index is 1150. The molecular weight excluding hydrogens is 396 g/mol. The van der Waals surface area contributed by atoms with E-state index in [0.29, 0.717) is 23.8 Å². The van der Waals surface area contributed by atoms with Gasteiger partial charge in [-0.05, 0) is 56.4 Å². The molecule has 1 N–H and O–H groups in total. The van der Waals surface area contributed by atoms with E-state index in [4.69, 9.17) is 4.98 Å². The van der Waals surface area contributed by atoms with Gasteiger partial charge in [-0.3, -0.25) is 9.59 Å². The standard InChI is InChI=1S/C23H24N4O2S/c1-13-19-14(2)25-21(16-7-8-16)26-23(19)30-20(13)22(29)24-12-15-5-9-17(10-6-15)27-11-3-4-18(27)28/h5-6,9-10,16H,3-4,7-8,11-12H2,1-2H3,(H,24,29). The Morgan fingerprint density at radius 1 is 1.20 bits per heavy atom. The van der Waals surface area contributed by atoms with Gasteiger partial charge in [-0.1, -0.05) is 12.1 Å². The van der Waals surface area contributed by atoms with Crippen molar-refractivity contribution in [3.05, 3.63) is 51.8 Å². The second-order valence-corrected chi connectivity index (χ2v) is 9.17. The van der Waals surface area contributed by atoms with E-state index in [1.54, 1.807) is 0 Å². The van der Waals surface area contributed by atoms with E-state index in [1.807, 2.05) is 43.0 Å². The van der Waals surface area contributed by atoms with Crippen LogP contribution in [0.4, 0.5) is 5.69 Å². The number of nitrogens with zero attached hydrogens (tertiary/aromatic N) is 3. The molecule has 3 heterocycles. The summed E-state index contributed by atoms with van der Waals surface area (Å²) in [5.41, 5.74) is 3.84. The van der Waals surface area contributed by atoms with E-state index in [1.165, 1.54) is 11.3 Å². The highest BCUT2D eigenvalue weighted by atomic mass is 32.1. The highest BCUT2D eigenvalue weighted by Gasteiger charge is 2.28. The third-order valence-corrected chi connectivity index (χ3v) is 7.10. The first-order chi connectivity index (χ1) is 14.5. The predicted molar refractivity (Wildman–Crippen MR) is 118 cm³/mol. The molecule has 2 aliphatic rings. The topological polar surface area (TPSA) is 75.2 Å². The largest absolute Gasteiger partial charge is 0.347 e. The van der Waals surface area contributed by atoms with Gasteiger partial charge in [0, 0.05) is 36.5 Å². The summed E-state index contributed by atoms with van der Waals surface area (Å²) in [4.78, 5) is 37.6. The Labute approximate surface area is 179 Å². The number of carbonyl (C=O) groups is 2. The lowest BCUT2D eigenvalue weighted by molar-refractivity contribution is -0.117. The number of benzene rings is 1. The van der Waals surface area contributed by atoms with Gasteiger partial charge in [-0.15, -0.1) is 11.3 Å². The summed E-state index contributed by atoms with van der Waals surface area (Å²) in [6.45, 7) is 5.20. The van der Waals surface area contributed by atoms with E-state index >= 15 is 0 Å². The minimum atomic E-state index is -0.0818. The SMILES string of the molecule is Cc1nc(C2CC2)nc2sc(C(=O)NCc3ccc(N4CCCC4=O)cc3)c(C)c12. The van der Waals surface area contributed by atoms with Crippen molar-refractivity contribution in [2.75, 3.05) is 11.4 Å². The van der Waals surface area contributed by atoms with Crippen LogP contribution in [-0.2, 0) is 11.3 Å². The Hall–Kier alpha value is -2.80. The third kappa shape index (κ3) is 3.47. The average molecular weight is 421 g/mol. The number of hydrogen-bond donors (Lipinski definition) is 1. The highest BCUT2D eigenvalue weighted by molar-refractivity contribution is 7.20. The Morgan fingerprint density at radius 2 is 1.97 bits per heavy atom. The van der Waals surface area contributed by atoms with Crippen molar-refractivity contribution in [3.8, 4) is 0 Å². The number of nitrogens with one attached hydrogen (secondary N) is 1. The van der Waals surface area contributed by atoms with Gasteiger partial charge in [0.1, 0.15) is 10.7 Å². The van der Waals surface area contributed by atoms with Gasteiger partial charge >= 0.3 is 0 Å². The van der Waals surface area contributed by atoms with Crippen LogP contribution in [0.2, 0.25) is 0 Å². The molecule has 0 bridgehead atoms. The summed E-state index contributed by atoms with van der Waals surface area (Å²) in [7, 11) is 0. The Balaban J connectivity index is 1.30. The van der Waals surface area contributed by atoms with Crippen LogP contribution in [0.3, 0.4) is 0 Å². The van der Waals surface area contributed by atoms with E-state index in [-0.39, 0.29) is 11.8 Å². The molecule has 6 nitrogen and oxygen atoms in total. The molecule has 30 heavy (non-hydrogen) atoms. The number of aromatic nitrogens is 2. The lowest BCUT2D eigenvalue weighted by atomic mass is 10.1. The molecule has 3 aromatic rings. The molecule has 154 valence electrons. The zero-order valence-electron chi connectivity index (χ0n) is 17.2. The van der Waals surface area contributed by atoms with Gasteiger partial charge in [0.2, 0.25) is 5.91 Å². The fourth-order valence-corrected chi connectivity index (χ4v) is 5.23. The number of hydrogen-bond acceptors (Lipinski definition) is 5. The lowest BCUT2D eigenvalue weighted by Crippen LogP contribution is -2.24. The second-order valence-electron chi connectivity index (χ2n) is 8.18. The van der Waals surface area contributed by atoms with E-state index in [2.05, 4.69) is 10.3 Å². The lowest BCUT2D eigenvalue weighted by Gasteiger charge is -2.16. The van der Waals surface area contributed by atoms with Gasteiger partial charge in [-0.25, -0.2) is 9.97 Å². The van der Waals surface area contributed by atoms with Gasteiger partial charge in [0.05, 0.1) is 10.6 Å². The van der Waals surface area contributed by atoms with Crippen LogP contribution in [0.5, 0.6) is 0 Å². The van der Waals surface area contributed by atoms with Gasteiger partial charge < -0.3 is 10.2 Å². The van der Waals surface area contributed by atoms with Crippen LogP contribution in [0.15, 0.2) is 24.3 Å². The molecule has 1 saturated heterocycles. The molecule has 5 rings (SSSR count). The smallest absolute Gasteiger partial charge is 0.261 e. The van der Waals surface area contributed by atoms with Crippen molar-refractivity contribution in [1.29, 1.82) is 0 Å². The molecule has 0 spiro atoms. The Kier molecular flexibility index (Phi) is 4.77. The van der Waals surface area contributed by atoms with Gasteiger partial charge in [-0.2, -0.15) is 0 Å². The number of thiophene rings is 1. The van der Waals surface area contributed by atoms with E-state index in [9.17, 15) is 9.59 Å².